The van der Waals surface area contributed by atoms with E-state index in [9.17, 15) is 20.0 Å². The molecular weight excluding hydrogens is 398 g/mol. The molecule has 3 N–H and O–H groups in total. The number of nitrogens with one attached hydrogen (secondary N) is 2. The number of carbonyl (C=O) groups excluding carboxylic acids is 1. The van der Waals surface area contributed by atoms with Gasteiger partial charge in [0.05, 0.1) is 16.6 Å². The van der Waals surface area contributed by atoms with Crippen LogP contribution in [-0.2, 0) is 0 Å². The minimum atomic E-state index is -1.15. The highest BCUT2D eigenvalue weighted by Crippen LogP contribution is 2.24. The Morgan fingerprint density at radius 1 is 1.43 bits per heavy atom. The van der Waals surface area contributed by atoms with Crippen molar-refractivity contribution < 1.29 is 14.8 Å². The van der Waals surface area contributed by atoms with Crippen molar-refractivity contribution in [3.8, 4) is 0 Å². The van der Waals surface area contributed by atoms with Gasteiger partial charge in [0.2, 0.25) is 0 Å². The van der Waals surface area contributed by atoms with E-state index in [0.29, 0.717) is 19.3 Å². The van der Waals surface area contributed by atoms with Crippen LogP contribution in [-0.4, -0.2) is 44.7 Å². The number of nitrogens with zero attached hydrogens (tertiary/aromatic N) is 1. The molecular formula is C19H25N3O4S2. The zero-order chi connectivity index (χ0) is 21.2. The summed E-state index contributed by atoms with van der Waals surface area (Å²) in [4.78, 5) is 22.7. The molecule has 1 amide bonds. The standard InChI is InChI=1S/C19H25N3O4S2/c1-4-10-19(24,11-5-2)16(9-12-28-3)20-18(27)21-17(23)14-7-6-8-15(13-14)22(25)26/h4-8,13,16,24H,1-2,9-12H2,3H3,(H2,20,21,23,27). The summed E-state index contributed by atoms with van der Waals surface area (Å²) >= 11 is 6.86. The van der Waals surface area contributed by atoms with Crippen molar-refractivity contribution in [1.29, 1.82) is 0 Å². The van der Waals surface area contributed by atoms with Crippen molar-refractivity contribution >= 4 is 40.7 Å². The van der Waals surface area contributed by atoms with Gasteiger partial charge in [-0.3, -0.25) is 20.2 Å². The molecule has 9 heteroatoms. The Morgan fingerprint density at radius 2 is 2.07 bits per heavy atom. The maximum Gasteiger partial charge on any atom is 0.270 e. The van der Waals surface area contributed by atoms with Gasteiger partial charge in [-0.15, -0.1) is 13.2 Å². The topological polar surface area (TPSA) is 104 Å². The Balaban J connectivity index is 2.91. The second-order valence-electron chi connectivity index (χ2n) is 6.16. The number of nitro benzene ring substituents is 1. The molecule has 0 radical (unpaired) electrons. The SMILES string of the molecule is C=CCC(O)(CC=C)C(CCSC)NC(=S)NC(=O)c1cccc([N+](=O)[O-])c1. The molecule has 0 aliphatic rings. The molecule has 0 aromatic heterocycles. The number of amides is 1. The molecule has 7 nitrogen and oxygen atoms in total. The van der Waals surface area contributed by atoms with E-state index in [2.05, 4.69) is 23.8 Å². The number of carbonyl (C=O) groups is 1. The molecule has 0 aliphatic heterocycles. The molecule has 1 aromatic carbocycles. The number of non-ortho nitro benzene ring substituents is 1. The van der Waals surface area contributed by atoms with E-state index in [1.54, 1.807) is 23.9 Å². The fraction of sp³-hybridized carbons (Fsp3) is 0.368. The Bertz CT molecular complexity index is 730. The predicted octanol–water partition coefficient (Wildman–Crippen LogP) is 3.20. The van der Waals surface area contributed by atoms with Crippen LogP contribution in [0.1, 0.15) is 29.6 Å². The first-order valence-corrected chi connectivity index (χ1v) is 10.4. The summed E-state index contributed by atoms with van der Waals surface area (Å²) < 4.78 is 0. The van der Waals surface area contributed by atoms with Crippen LogP contribution in [0, 0.1) is 10.1 Å². The molecule has 0 bridgehead atoms. The predicted molar refractivity (Wildman–Crippen MR) is 118 cm³/mol. The molecule has 1 unspecified atom stereocenters. The molecule has 0 saturated heterocycles. The number of aliphatic hydroxyl groups is 1. The van der Waals surface area contributed by atoms with Crippen molar-refractivity contribution in [3.05, 3.63) is 65.3 Å². The van der Waals surface area contributed by atoms with Crippen molar-refractivity contribution in [1.82, 2.24) is 10.6 Å². The van der Waals surface area contributed by atoms with Crippen LogP contribution in [0.4, 0.5) is 5.69 Å². The summed E-state index contributed by atoms with van der Waals surface area (Å²) in [6, 6.07) is 4.93. The molecule has 1 aromatic rings. The quantitative estimate of drug-likeness (QED) is 0.217. The number of hydrogen-bond donors (Lipinski definition) is 3. The highest BCUT2D eigenvalue weighted by Gasteiger charge is 2.34. The molecule has 0 spiro atoms. The Labute approximate surface area is 174 Å². The number of thioether (sulfide) groups is 1. The summed E-state index contributed by atoms with van der Waals surface area (Å²) in [5, 5.41) is 27.5. The van der Waals surface area contributed by atoms with Gasteiger partial charge >= 0.3 is 0 Å². The number of rotatable bonds is 11. The molecule has 0 fully saturated rings. The molecule has 0 aliphatic carbocycles. The van der Waals surface area contributed by atoms with E-state index in [4.69, 9.17) is 12.2 Å². The van der Waals surface area contributed by atoms with Gasteiger partial charge in [0.1, 0.15) is 0 Å². The van der Waals surface area contributed by atoms with Gasteiger partial charge in [-0.05, 0) is 49.6 Å². The van der Waals surface area contributed by atoms with Gasteiger partial charge in [-0.25, -0.2) is 0 Å². The van der Waals surface area contributed by atoms with E-state index in [0.717, 1.165) is 5.75 Å². The first-order valence-electron chi connectivity index (χ1n) is 8.56. The normalized spacial score (nSPS) is 11.9. The minimum absolute atomic E-state index is 0.0363. The maximum atomic E-state index is 12.4. The van der Waals surface area contributed by atoms with Crippen LogP contribution in [0.2, 0.25) is 0 Å². The lowest BCUT2D eigenvalue weighted by molar-refractivity contribution is -0.384. The third kappa shape index (κ3) is 7.06. The van der Waals surface area contributed by atoms with Crippen LogP contribution in [0.5, 0.6) is 0 Å². The van der Waals surface area contributed by atoms with Crippen molar-refractivity contribution in [2.75, 3.05) is 12.0 Å². The van der Waals surface area contributed by atoms with E-state index >= 15 is 0 Å². The van der Waals surface area contributed by atoms with Gasteiger partial charge in [0, 0.05) is 17.7 Å². The van der Waals surface area contributed by atoms with E-state index in [1.165, 1.54) is 24.3 Å². The Kier molecular flexibility index (Phi) is 9.84. The summed E-state index contributed by atoms with van der Waals surface area (Å²) in [6.07, 6.45) is 6.47. The van der Waals surface area contributed by atoms with Crippen molar-refractivity contribution in [2.45, 2.75) is 30.9 Å². The monoisotopic (exact) mass is 423 g/mol. The smallest absolute Gasteiger partial charge is 0.270 e. The lowest BCUT2D eigenvalue weighted by Crippen LogP contribution is -2.55. The van der Waals surface area contributed by atoms with Gasteiger partial charge in [0.25, 0.3) is 11.6 Å². The second-order valence-corrected chi connectivity index (χ2v) is 7.55. The van der Waals surface area contributed by atoms with Crippen LogP contribution in [0.3, 0.4) is 0 Å². The maximum absolute atomic E-state index is 12.4. The lowest BCUT2D eigenvalue weighted by atomic mass is 9.85. The molecule has 1 rings (SSSR count). The number of nitro groups is 1. The average Bonchev–Trinajstić information content (AvgIpc) is 2.65. The number of hydrogen-bond acceptors (Lipinski definition) is 6. The fourth-order valence-electron chi connectivity index (χ4n) is 2.71. The average molecular weight is 424 g/mol. The number of benzene rings is 1. The van der Waals surface area contributed by atoms with Crippen LogP contribution < -0.4 is 10.6 Å². The third-order valence-electron chi connectivity index (χ3n) is 4.11. The van der Waals surface area contributed by atoms with E-state index < -0.39 is 22.5 Å². The highest BCUT2D eigenvalue weighted by molar-refractivity contribution is 7.98. The van der Waals surface area contributed by atoms with Gasteiger partial charge in [-0.2, -0.15) is 11.8 Å². The first-order chi connectivity index (χ1) is 13.3. The van der Waals surface area contributed by atoms with Gasteiger partial charge in [-0.1, -0.05) is 18.2 Å². The third-order valence-corrected chi connectivity index (χ3v) is 4.97. The van der Waals surface area contributed by atoms with Crippen molar-refractivity contribution in [3.63, 3.8) is 0 Å². The van der Waals surface area contributed by atoms with Crippen LogP contribution in [0.25, 0.3) is 0 Å². The largest absolute Gasteiger partial charge is 0.387 e. The fourth-order valence-corrected chi connectivity index (χ4v) is 3.42. The molecule has 1 atom stereocenters. The van der Waals surface area contributed by atoms with Gasteiger partial charge in [0.15, 0.2) is 5.11 Å². The minimum Gasteiger partial charge on any atom is -0.387 e. The zero-order valence-corrected chi connectivity index (χ0v) is 17.4. The molecule has 0 saturated carbocycles. The number of thiocarbonyl (C=S) groups is 1. The first kappa shape index (κ1) is 23.8. The van der Waals surface area contributed by atoms with Gasteiger partial charge < -0.3 is 10.4 Å². The van der Waals surface area contributed by atoms with E-state index in [-0.39, 0.29) is 16.4 Å². The van der Waals surface area contributed by atoms with Crippen molar-refractivity contribution in [2.24, 2.45) is 0 Å². The van der Waals surface area contributed by atoms with E-state index in [1.807, 2.05) is 6.26 Å². The summed E-state index contributed by atoms with van der Waals surface area (Å²) in [5.74, 6) is 0.205. The Morgan fingerprint density at radius 3 is 2.61 bits per heavy atom. The molecule has 0 heterocycles. The lowest BCUT2D eigenvalue weighted by Gasteiger charge is -2.36. The zero-order valence-electron chi connectivity index (χ0n) is 15.7. The van der Waals surface area contributed by atoms with Crippen LogP contribution in [0.15, 0.2) is 49.6 Å². The summed E-state index contributed by atoms with van der Waals surface area (Å²) in [6.45, 7) is 7.39. The second kappa shape index (κ2) is 11.6. The molecule has 152 valence electrons. The summed E-state index contributed by atoms with van der Waals surface area (Å²) in [5.41, 5.74) is -1.22. The summed E-state index contributed by atoms with van der Waals surface area (Å²) in [7, 11) is 0. The van der Waals surface area contributed by atoms with Crippen LogP contribution >= 0.6 is 24.0 Å². The highest BCUT2D eigenvalue weighted by atomic mass is 32.2. The molecule has 28 heavy (non-hydrogen) atoms. The Hall–Kier alpha value is -2.23.